The number of hydrogen-bond acceptors (Lipinski definition) is 3. The summed E-state index contributed by atoms with van der Waals surface area (Å²) in [5, 5.41) is 3.75. The Morgan fingerprint density at radius 1 is 1.00 bits per heavy atom. The first-order valence-corrected chi connectivity index (χ1v) is 8.95. The van der Waals surface area contributed by atoms with E-state index in [0.29, 0.717) is 0 Å². The van der Waals surface area contributed by atoms with Crippen molar-refractivity contribution in [3.8, 4) is 0 Å². The first-order chi connectivity index (χ1) is 9.74. The first kappa shape index (κ1) is 14.8. The summed E-state index contributed by atoms with van der Waals surface area (Å²) >= 11 is 0. The molecule has 20 heavy (non-hydrogen) atoms. The van der Waals surface area contributed by atoms with E-state index in [2.05, 4.69) is 29.0 Å². The second-order valence-electron chi connectivity index (χ2n) is 7.58. The molecule has 3 aliphatic heterocycles. The molecule has 0 radical (unpaired) electrons. The summed E-state index contributed by atoms with van der Waals surface area (Å²) in [4.78, 5) is 5.57. The van der Waals surface area contributed by atoms with Crippen LogP contribution in [0.2, 0.25) is 0 Å². The molecule has 2 unspecified atom stereocenters. The molecule has 0 aliphatic carbocycles. The van der Waals surface area contributed by atoms with Gasteiger partial charge in [-0.15, -0.1) is 0 Å². The van der Waals surface area contributed by atoms with Crippen molar-refractivity contribution in [2.24, 2.45) is 5.92 Å². The van der Waals surface area contributed by atoms with Gasteiger partial charge in [-0.3, -0.25) is 4.90 Å². The molecule has 0 aromatic carbocycles. The maximum atomic E-state index is 3.75. The zero-order chi connectivity index (χ0) is 13.9. The number of hydrogen-bond donors (Lipinski definition) is 1. The minimum atomic E-state index is 0.797. The number of likely N-dealkylation sites (tertiary alicyclic amines) is 2. The Morgan fingerprint density at radius 2 is 1.80 bits per heavy atom. The summed E-state index contributed by atoms with van der Waals surface area (Å²) in [6, 6.07) is 2.51. The van der Waals surface area contributed by atoms with Crippen molar-refractivity contribution >= 4 is 0 Å². The molecule has 1 N–H and O–H groups in total. The quantitative estimate of drug-likeness (QED) is 0.852. The molecule has 0 aromatic heterocycles. The lowest BCUT2D eigenvalue weighted by molar-refractivity contribution is 0.0823. The maximum absolute atomic E-state index is 3.75. The van der Waals surface area contributed by atoms with Gasteiger partial charge in [0.15, 0.2) is 0 Å². The van der Waals surface area contributed by atoms with Gasteiger partial charge in [0.25, 0.3) is 0 Å². The standard InChI is InChI=1S/C17H33N3/c1-14(2)13-19-11-7-15(8-12-19)20-10-4-6-17(20)16-5-3-9-18-16/h14-18H,3-13H2,1-2H3. The second-order valence-corrected chi connectivity index (χ2v) is 7.58. The van der Waals surface area contributed by atoms with E-state index in [1.807, 2.05) is 0 Å². The Hall–Kier alpha value is -0.120. The Kier molecular flexibility index (Phi) is 5.00. The molecule has 3 rings (SSSR count). The predicted octanol–water partition coefficient (Wildman–Crippen LogP) is 2.32. The van der Waals surface area contributed by atoms with Gasteiger partial charge < -0.3 is 10.2 Å². The van der Waals surface area contributed by atoms with Crippen LogP contribution in [0.5, 0.6) is 0 Å². The second kappa shape index (κ2) is 6.76. The highest BCUT2D eigenvalue weighted by Gasteiger charge is 2.37. The predicted molar refractivity (Wildman–Crippen MR) is 85.1 cm³/mol. The van der Waals surface area contributed by atoms with Crippen molar-refractivity contribution in [3.05, 3.63) is 0 Å². The Bertz CT molecular complexity index is 291. The molecule has 0 saturated carbocycles. The lowest BCUT2D eigenvalue weighted by atomic mass is 9.98. The molecule has 3 nitrogen and oxygen atoms in total. The minimum Gasteiger partial charge on any atom is -0.312 e. The Balaban J connectivity index is 1.51. The lowest BCUT2D eigenvalue weighted by Gasteiger charge is -2.41. The van der Waals surface area contributed by atoms with E-state index in [0.717, 1.165) is 24.0 Å². The van der Waals surface area contributed by atoms with Gasteiger partial charge in [0, 0.05) is 24.7 Å². The molecule has 116 valence electrons. The summed E-state index contributed by atoms with van der Waals surface area (Å²) < 4.78 is 0. The van der Waals surface area contributed by atoms with Crippen LogP contribution in [-0.4, -0.2) is 60.6 Å². The number of piperidine rings is 1. The van der Waals surface area contributed by atoms with E-state index >= 15 is 0 Å². The van der Waals surface area contributed by atoms with Gasteiger partial charge in [0.05, 0.1) is 0 Å². The molecule has 3 heteroatoms. The van der Waals surface area contributed by atoms with Gasteiger partial charge in [0.2, 0.25) is 0 Å². The van der Waals surface area contributed by atoms with Crippen molar-refractivity contribution in [2.75, 3.05) is 32.7 Å². The van der Waals surface area contributed by atoms with Crippen LogP contribution in [0, 0.1) is 5.92 Å². The third-order valence-electron chi connectivity index (χ3n) is 5.55. The largest absolute Gasteiger partial charge is 0.312 e. The number of rotatable bonds is 4. The fourth-order valence-corrected chi connectivity index (χ4v) is 4.69. The zero-order valence-corrected chi connectivity index (χ0v) is 13.5. The first-order valence-electron chi connectivity index (χ1n) is 8.95. The highest BCUT2D eigenvalue weighted by Crippen LogP contribution is 2.30. The zero-order valence-electron chi connectivity index (χ0n) is 13.5. The smallest absolute Gasteiger partial charge is 0.0252 e. The summed E-state index contributed by atoms with van der Waals surface area (Å²) in [6.45, 7) is 11.2. The number of nitrogens with one attached hydrogen (secondary N) is 1. The van der Waals surface area contributed by atoms with Crippen LogP contribution in [0.3, 0.4) is 0 Å². The van der Waals surface area contributed by atoms with Crippen molar-refractivity contribution in [2.45, 2.75) is 70.5 Å². The van der Waals surface area contributed by atoms with E-state index in [1.165, 1.54) is 71.2 Å². The van der Waals surface area contributed by atoms with E-state index in [4.69, 9.17) is 0 Å². The fourth-order valence-electron chi connectivity index (χ4n) is 4.69. The van der Waals surface area contributed by atoms with Gasteiger partial charge >= 0.3 is 0 Å². The van der Waals surface area contributed by atoms with Crippen LogP contribution >= 0.6 is 0 Å². The van der Waals surface area contributed by atoms with Crippen molar-refractivity contribution in [1.29, 1.82) is 0 Å². The Labute approximate surface area is 125 Å². The summed E-state index contributed by atoms with van der Waals surface area (Å²) in [7, 11) is 0. The van der Waals surface area contributed by atoms with Gasteiger partial charge in [-0.2, -0.15) is 0 Å². The molecular weight excluding hydrogens is 246 g/mol. The molecule has 0 amide bonds. The minimum absolute atomic E-state index is 0.797. The average molecular weight is 279 g/mol. The molecule has 3 heterocycles. The van der Waals surface area contributed by atoms with Crippen molar-refractivity contribution in [1.82, 2.24) is 15.1 Å². The van der Waals surface area contributed by atoms with Crippen LogP contribution in [0.4, 0.5) is 0 Å². The number of nitrogens with zero attached hydrogens (tertiary/aromatic N) is 2. The van der Waals surface area contributed by atoms with E-state index < -0.39 is 0 Å². The van der Waals surface area contributed by atoms with Gasteiger partial charge in [-0.05, 0) is 70.6 Å². The van der Waals surface area contributed by atoms with Crippen LogP contribution in [0.15, 0.2) is 0 Å². The molecule has 3 aliphatic rings. The SMILES string of the molecule is CC(C)CN1CCC(N2CCCC2C2CCCN2)CC1. The van der Waals surface area contributed by atoms with Crippen LogP contribution in [0.25, 0.3) is 0 Å². The third-order valence-corrected chi connectivity index (χ3v) is 5.55. The molecule has 0 spiro atoms. The lowest BCUT2D eigenvalue weighted by Crippen LogP contribution is -2.52. The normalized spacial score (nSPS) is 34.4. The highest BCUT2D eigenvalue weighted by atomic mass is 15.3. The van der Waals surface area contributed by atoms with Crippen LogP contribution in [0.1, 0.15) is 52.4 Å². The van der Waals surface area contributed by atoms with E-state index in [-0.39, 0.29) is 0 Å². The van der Waals surface area contributed by atoms with Crippen LogP contribution in [-0.2, 0) is 0 Å². The third kappa shape index (κ3) is 3.37. The molecule has 0 aromatic rings. The fraction of sp³-hybridized carbons (Fsp3) is 1.00. The molecular formula is C17H33N3. The maximum Gasteiger partial charge on any atom is 0.0252 e. The molecule has 0 bridgehead atoms. The molecule has 3 saturated heterocycles. The van der Waals surface area contributed by atoms with E-state index in [9.17, 15) is 0 Å². The highest BCUT2D eigenvalue weighted by molar-refractivity contribution is 4.95. The van der Waals surface area contributed by atoms with Gasteiger partial charge in [-0.25, -0.2) is 0 Å². The van der Waals surface area contributed by atoms with E-state index in [1.54, 1.807) is 0 Å². The van der Waals surface area contributed by atoms with Crippen molar-refractivity contribution < 1.29 is 0 Å². The summed E-state index contributed by atoms with van der Waals surface area (Å²) in [5.41, 5.74) is 0. The monoisotopic (exact) mass is 279 g/mol. The average Bonchev–Trinajstić information content (AvgIpc) is 3.09. The summed E-state index contributed by atoms with van der Waals surface area (Å²) in [5.74, 6) is 0.814. The van der Waals surface area contributed by atoms with Gasteiger partial charge in [-0.1, -0.05) is 13.8 Å². The molecule has 3 fully saturated rings. The van der Waals surface area contributed by atoms with Crippen molar-refractivity contribution in [3.63, 3.8) is 0 Å². The summed E-state index contributed by atoms with van der Waals surface area (Å²) in [6.07, 6.45) is 8.46. The van der Waals surface area contributed by atoms with Gasteiger partial charge in [0.1, 0.15) is 0 Å². The van der Waals surface area contributed by atoms with Crippen LogP contribution < -0.4 is 5.32 Å². The topological polar surface area (TPSA) is 18.5 Å². The Morgan fingerprint density at radius 3 is 2.45 bits per heavy atom. The molecule has 2 atom stereocenters.